The SMILES string of the molecule is CCCCc1ccc(NC(=S)Nc2c(C)nn(Cc3cccc4ccccc34)c2C)cc1. The molecule has 2 N–H and O–H groups in total. The first-order valence-electron chi connectivity index (χ1n) is 11.2. The molecule has 0 amide bonds. The number of benzene rings is 3. The molecule has 0 atom stereocenters. The Morgan fingerprint density at radius 2 is 1.69 bits per heavy atom. The van der Waals surface area contributed by atoms with Crippen molar-refractivity contribution in [3.8, 4) is 0 Å². The third kappa shape index (κ3) is 5.00. The fourth-order valence-corrected chi connectivity index (χ4v) is 4.25. The molecule has 1 aromatic heterocycles. The summed E-state index contributed by atoms with van der Waals surface area (Å²) in [4.78, 5) is 0. The Morgan fingerprint density at radius 1 is 0.938 bits per heavy atom. The standard InChI is InChI=1S/C27H30N4S/c1-4-5-9-21-14-16-24(17-15-21)28-27(32)29-26-19(2)30-31(20(26)3)18-23-12-8-11-22-10-6-7-13-25(22)23/h6-8,10-17H,4-5,9,18H2,1-3H3,(H2,28,29,32). The summed E-state index contributed by atoms with van der Waals surface area (Å²) in [6.07, 6.45) is 3.54. The Labute approximate surface area is 195 Å². The second-order valence-corrected chi connectivity index (χ2v) is 8.63. The summed E-state index contributed by atoms with van der Waals surface area (Å²) in [6.45, 7) is 7.03. The fraction of sp³-hybridized carbons (Fsp3) is 0.259. The van der Waals surface area contributed by atoms with Gasteiger partial charge in [-0.1, -0.05) is 67.9 Å². The molecule has 1 heterocycles. The van der Waals surface area contributed by atoms with Crippen LogP contribution in [0, 0.1) is 13.8 Å². The molecule has 0 unspecified atom stereocenters. The zero-order valence-electron chi connectivity index (χ0n) is 19.0. The van der Waals surface area contributed by atoms with E-state index >= 15 is 0 Å². The number of rotatable bonds is 7. The first kappa shape index (κ1) is 22.0. The lowest BCUT2D eigenvalue weighted by atomic mass is 10.0. The van der Waals surface area contributed by atoms with Crippen molar-refractivity contribution in [3.63, 3.8) is 0 Å². The summed E-state index contributed by atoms with van der Waals surface area (Å²) in [6, 6.07) is 23.4. The van der Waals surface area contributed by atoms with Crippen LogP contribution in [0.25, 0.3) is 10.8 Å². The zero-order valence-corrected chi connectivity index (χ0v) is 19.8. The zero-order chi connectivity index (χ0) is 22.5. The number of fused-ring (bicyclic) bond motifs is 1. The molecule has 4 nitrogen and oxygen atoms in total. The molecule has 4 aromatic rings. The summed E-state index contributed by atoms with van der Waals surface area (Å²) in [7, 11) is 0. The first-order chi connectivity index (χ1) is 15.5. The van der Waals surface area contributed by atoms with E-state index in [4.69, 9.17) is 17.3 Å². The van der Waals surface area contributed by atoms with Gasteiger partial charge in [0.1, 0.15) is 0 Å². The van der Waals surface area contributed by atoms with E-state index in [1.54, 1.807) is 0 Å². The van der Waals surface area contributed by atoms with E-state index in [-0.39, 0.29) is 0 Å². The smallest absolute Gasteiger partial charge is 0.175 e. The topological polar surface area (TPSA) is 41.9 Å². The van der Waals surface area contributed by atoms with Crippen LogP contribution in [0.1, 0.15) is 42.3 Å². The van der Waals surface area contributed by atoms with E-state index in [0.29, 0.717) is 5.11 Å². The molecule has 0 radical (unpaired) electrons. The predicted molar refractivity (Wildman–Crippen MR) is 140 cm³/mol. The first-order valence-corrected chi connectivity index (χ1v) is 11.6. The summed E-state index contributed by atoms with van der Waals surface area (Å²) in [5.41, 5.74) is 6.56. The average molecular weight is 443 g/mol. The van der Waals surface area contributed by atoms with Gasteiger partial charge in [0.25, 0.3) is 0 Å². The van der Waals surface area contributed by atoms with Gasteiger partial charge in [-0.3, -0.25) is 4.68 Å². The quantitative estimate of drug-likeness (QED) is 0.307. The molecule has 0 spiro atoms. The highest BCUT2D eigenvalue weighted by Crippen LogP contribution is 2.24. The number of hydrogen-bond donors (Lipinski definition) is 2. The van der Waals surface area contributed by atoms with Gasteiger partial charge in [-0.05, 0) is 72.9 Å². The van der Waals surface area contributed by atoms with Crippen molar-refractivity contribution in [1.29, 1.82) is 0 Å². The number of unbranched alkanes of at least 4 members (excludes halogenated alkanes) is 1. The second-order valence-electron chi connectivity index (χ2n) is 8.22. The van der Waals surface area contributed by atoms with Gasteiger partial charge in [0, 0.05) is 5.69 Å². The third-order valence-electron chi connectivity index (χ3n) is 5.85. The summed E-state index contributed by atoms with van der Waals surface area (Å²) in [5, 5.41) is 14.5. The van der Waals surface area contributed by atoms with Gasteiger partial charge >= 0.3 is 0 Å². The average Bonchev–Trinajstić information content (AvgIpc) is 3.06. The number of nitrogens with zero attached hydrogens (tertiary/aromatic N) is 2. The predicted octanol–water partition coefficient (Wildman–Crippen LogP) is 6.85. The fourth-order valence-electron chi connectivity index (χ4n) is 4.04. The minimum Gasteiger partial charge on any atom is -0.332 e. The lowest BCUT2D eigenvalue weighted by molar-refractivity contribution is 0.662. The molecule has 4 rings (SSSR count). The normalized spacial score (nSPS) is 11.0. The molecule has 0 aliphatic carbocycles. The highest BCUT2D eigenvalue weighted by atomic mass is 32.1. The van der Waals surface area contributed by atoms with Crippen LogP contribution in [0.2, 0.25) is 0 Å². The molecule has 0 aliphatic rings. The van der Waals surface area contributed by atoms with Crippen molar-refractivity contribution in [1.82, 2.24) is 9.78 Å². The van der Waals surface area contributed by atoms with Crippen LogP contribution in [0.4, 0.5) is 11.4 Å². The van der Waals surface area contributed by atoms with Crippen molar-refractivity contribution in [2.75, 3.05) is 10.6 Å². The van der Waals surface area contributed by atoms with E-state index in [1.807, 2.05) is 11.6 Å². The molecule has 0 bridgehead atoms. The van der Waals surface area contributed by atoms with Crippen LogP contribution in [-0.2, 0) is 13.0 Å². The summed E-state index contributed by atoms with van der Waals surface area (Å²) < 4.78 is 2.05. The highest BCUT2D eigenvalue weighted by molar-refractivity contribution is 7.80. The van der Waals surface area contributed by atoms with Crippen molar-refractivity contribution in [3.05, 3.63) is 89.2 Å². The minimum atomic E-state index is 0.571. The number of aromatic nitrogens is 2. The summed E-state index contributed by atoms with van der Waals surface area (Å²) in [5.74, 6) is 0. The molecular weight excluding hydrogens is 412 g/mol. The Kier molecular flexibility index (Phi) is 6.86. The second kappa shape index (κ2) is 9.96. The highest BCUT2D eigenvalue weighted by Gasteiger charge is 2.14. The molecule has 0 saturated carbocycles. The van der Waals surface area contributed by atoms with Gasteiger partial charge in [0.2, 0.25) is 0 Å². The van der Waals surface area contributed by atoms with Gasteiger partial charge in [-0.2, -0.15) is 5.10 Å². The lowest BCUT2D eigenvalue weighted by Crippen LogP contribution is -2.20. The molecule has 32 heavy (non-hydrogen) atoms. The van der Waals surface area contributed by atoms with E-state index in [2.05, 4.69) is 91.2 Å². The molecule has 0 aliphatic heterocycles. The van der Waals surface area contributed by atoms with Crippen molar-refractivity contribution >= 4 is 39.5 Å². The van der Waals surface area contributed by atoms with E-state index < -0.39 is 0 Å². The van der Waals surface area contributed by atoms with Crippen LogP contribution in [-0.4, -0.2) is 14.9 Å². The van der Waals surface area contributed by atoms with Crippen LogP contribution in [0.5, 0.6) is 0 Å². The van der Waals surface area contributed by atoms with Gasteiger partial charge in [-0.15, -0.1) is 0 Å². The Balaban J connectivity index is 1.46. The monoisotopic (exact) mass is 442 g/mol. The Morgan fingerprint density at radius 3 is 2.47 bits per heavy atom. The minimum absolute atomic E-state index is 0.571. The maximum Gasteiger partial charge on any atom is 0.175 e. The number of hydrogen-bond acceptors (Lipinski definition) is 2. The van der Waals surface area contributed by atoms with E-state index in [0.717, 1.165) is 35.7 Å². The van der Waals surface area contributed by atoms with Gasteiger partial charge in [0.05, 0.1) is 23.6 Å². The molecule has 0 fully saturated rings. The Hall–Kier alpha value is -3.18. The number of thiocarbonyl (C=S) groups is 1. The van der Waals surface area contributed by atoms with Crippen molar-refractivity contribution < 1.29 is 0 Å². The number of anilines is 2. The molecule has 5 heteroatoms. The van der Waals surface area contributed by atoms with Gasteiger partial charge < -0.3 is 10.6 Å². The molecular formula is C27H30N4S. The van der Waals surface area contributed by atoms with Crippen molar-refractivity contribution in [2.24, 2.45) is 0 Å². The van der Waals surface area contributed by atoms with Crippen LogP contribution >= 0.6 is 12.2 Å². The number of nitrogens with one attached hydrogen (secondary N) is 2. The van der Waals surface area contributed by atoms with E-state index in [9.17, 15) is 0 Å². The molecule has 164 valence electrons. The Bertz CT molecular complexity index is 1220. The third-order valence-corrected chi connectivity index (χ3v) is 6.06. The molecule has 3 aromatic carbocycles. The van der Waals surface area contributed by atoms with Gasteiger partial charge in [0.15, 0.2) is 5.11 Å². The van der Waals surface area contributed by atoms with Crippen LogP contribution < -0.4 is 10.6 Å². The molecule has 0 saturated heterocycles. The van der Waals surface area contributed by atoms with Crippen molar-refractivity contribution in [2.45, 2.75) is 46.6 Å². The maximum absolute atomic E-state index is 5.58. The largest absolute Gasteiger partial charge is 0.332 e. The van der Waals surface area contributed by atoms with Crippen LogP contribution in [0.15, 0.2) is 66.7 Å². The lowest BCUT2D eigenvalue weighted by Gasteiger charge is -2.12. The van der Waals surface area contributed by atoms with Crippen LogP contribution in [0.3, 0.4) is 0 Å². The van der Waals surface area contributed by atoms with Gasteiger partial charge in [-0.25, -0.2) is 0 Å². The maximum atomic E-state index is 5.58. The van der Waals surface area contributed by atoms with E-state index in [1.165, 1.54) is 34.7 Å². The number of aryl methyl sites for hydroxylation is 2. The summed E-state index contributed by atoms with van der Waals surface area (Å²) >= 11 is 5.58.